The Morgan fingerprint density at radius 3 is 2.43 bits per heavy atom. The molecular weight excluding hydrogens is 404 g/mol. The molecule has 10 heteroatoms. The number of aliphatic imine (C=N–C) groups is 1. The molecule has 0 radical (unpaired) electrons. The predicted octanol–water partition coefficient (Wildman–Crippen LogP) is 3.13. The second kappa shape index (κ2) is 7.86. The van der Waals surface area contributed by atoms with Crippen molar-refractivity contribution in [3.63, 3.8) is 0 Å². The first-order valence-electron chi connectivity index (χ1n) is 7.94. The topological polar surface area (TPSA) is 62.1 Å². The maximum absolute atomic E-state index is 14.0. The molecule has 1 amide bonds. The van der Waals surface area contributed by atoms with Crippen molar-refractivity contribution in [2.24, 2.45) is 4.99 Å². The molecule has 0 aromatic heterocycles. The maximum Gasteiger partial charge on any atom is 0.255 e. The Morgan fingerprint density at radius 1 is 1.14 bits per heavy atom. The second-order valence-corrected chi connectivity index (χ2v) is 6.35. The third kappa shape index (κ3) is 3.60. The van der Waals surface area contributed by atoms with Crippen molar-refractivity contribution in [3.05, 3.63) is 65.2 Å². The molecule has 1 aliphatic rings. The van der Waals surface area contributed by atoms with Gasteiger partial charge in [-0.2, -0.15) is 0 Å². The van der Waals surface area contributed by atoms with E-state index in [0.717, 1.165) is 36.7 Å². The lowest BCUT2D eigenvalue weighted by atomic mass is 10.1. The lowest BCUT2D eigenvalue weighted by Gasteiger charge is -2.37. The molecule has 0 saturated heterocycles. The average Bonchev–Trinajstić information content (AvgIpc) is 2.66. The summed E-state index contributed by atoms with van der Waals surface area (Å²) < 4.78 is 60.1. The normalized spacial score (nSPS) is 22.0. The molecule has 148 valence electrons. The Bertz CT molecular complexity index is 923. The molecule has 0 aliphatic carbocycles. The number of amides is 1. The van der Waals surface area contributed by atoms with Crippen molar-refractivity contribution in [2.45, 2.75) is 17.7 Å². The molecule has 3 rings (SSSR count). The van der Waals surface area contributed by atoms with E-state index < -0.39 is 59.2 Å². The molecule has 28 heavy (non-hydrogen) atoms. The predicted molar refractivity (Wildman–Crippen MR) is 92.9 cm³/mol. The Hall–Kier alpha value is -2.49. The van der Waals surface area contributed by atoms with Gasteiger partial charge in [-0.1, -0.05) is 12.1 Å². The van der Waals surface area contributed by atoms with E-state index in [1.54, 1.807) is 0 Å². The van der Waals surface area contributed by atoms with Crippen molar-refractivity contribution < 1.29 is 32.2 Å². The van der Waals surface area contributed by atoms with Crippen LogP contribution < -0.4 is 4.90 Å². The van der Waals surface area contributed by atoms with Gasteiger partial charge < -0.3 is 9.84 Å². The fraction of sp³-hybridized carbons (Fsp3) is 0.222. The smallest absolute Gasteiger partial charge is 0.255 e. The van der Waals surface area contributed by atoms with Crippen LogP contribution in [0.5, 0.6) is 0 Å². The quantitative estimate of drug-likeness (QED) is 0.602. The van der Waals surface area contributed by atoms with Crippen LogP contribution in [0.15, 0.2) is 41.4 Å². The summed E-state index contributed by atoms with van der Waals surface area (Å²) in [5.41, 5.74) is -2.76. The van der Waals surface area contributed by atoms with Gasteiger partial charge >= 0.3 is 0 Å². The number of ether oxygens (including phenoxy) is 1. The van der Waals surface area contributed by atoms with Crippen LogP contribution in [0.3, 0.4) is 0 Å². The first-order valence-corrected chi connectivity index (χ1v) is 8.38. The molecular formula is C18H13ClF4N2O3. The van der Waals surface area contributed by atoms with E-state index in [4.69, 9.17) is 16.3 Å². The molecule has 2 unspecified atom stereocenters. The van der Waals surface area contributed by atoms with Crippen LogP contribution >= 0.6 is 11.6 Å². The molecule has 2 atom stereocenters. The van der Waals surface area contributed by atoms with Crippen LogP contribution in [0.4, 0.5) is 23.2 Å². The van der Waals surface area contributed by atoms with Gasteiger partial charge in [0.1, 0.15) is 35.3 Å². The zero-order chi connectivity index (χ0) is 20.5. The van der Waals surface area contributed by atoms with Crippen molar-refractivity contribution in [2.75, 3.05) is 11.5 Å². The van der Waals surface area contributed by atoms with E-state index >= 15 is 0 Å². The number of rotatable bonds is 5. The van der Waals surface area contributed by atoms with Crippen LogP contribution in [0.2, 0.25) is 0 Å². The molecule has 1 heterocycles. The van der Waals surface area contributed by atoms with E-state index in [1.807, 2.05) is 0 Å². The zero-order valence-corrected chi connectivity index (χ0v) is 14.8. The fourth-order valence-corrected chi connectivity index (χ4v) is 2.89. The highest BCUT2D eigenvalue weighted by atomic mass is 35.5. The van der Waals surface area contributed by atoms with Crippen LogP contribution in [0.25, 0.3) is 0 Å². The summed E-state index contributed by atoms with van der Waals surface area (Å²) >= 11 is 6.08. The van der Waals surface area contributed by atoms with Crippen LogP contribution in [-0.4, -0.2) is 35.1 Å². The summed E-state index contributed by atoms with van der Waals surface area (Å²) in [6.45, 7) is -1.37. The largest absolute Gasteiger partial charge is 0.391 e. The van der Waals surface area contributed by atoms with E-state index in [1.165, 1.54) is 0 Å². The minimum Gasteiger partial charge on any atom is -0.391 e. The van der Waals surface area contributed by atoms with Gasteiger partial charge in [0.2, 0.25) is 5.72 Å². The third-order valence-electron chi connectivity index (χ3n) is 4.14. The fourth-order valence-electron chi connectivity index (χ4n) is 2.60. The Morgan fingerprint density at radius 2 is 1.82 bits per heavy atom. The summed E-state index contributed by atoms with van der Waals surface area (Å²) in [5, 5.41) is 8.02. The Kier molecular flexibility index (Phi) is 5.69. The van der Waals surface area contributed by atoms with Crippen LogP contribution in [0.1, 0.15) is 5.56 Å². The number of carbonyl (C=O) groups is 1. The lowest BCUT2D eigenvalue weighted by Crippen LogP contribution is -2.56. The number of hydrogen-bond acceptors (Lipinski definition) is 4. The molecule has 0 fully saturated rings. The lowest BCUT2D eigenvalue weighted by molar-refractivity contribution is -0.132. The van der Waals surface area contributed by atoms with Gasteiger partial charge in [0.05, 0.1) is 13.2 Å². The number of aliphatic hydroxyl groups excluding tert-OH is 1. The Labute approximate surface area is 161 Å². The highest BCUT2D eigenvalue weighted by Crippen LogP contribution is 2.33. The number of hydrogen-bond donors (Lipinski definition) is 1. The van der Waals surface area contributed by atoms with Crippen LogP contribution in [-0.2, 0) is 16.1 Å². The number of halogens is 5. The number of para-hydroxylation sites is 1. The van der Waals surface area contributed by atoms with Gasteiger partial charge in [-0.05, 0) is 18.2 Å². The van der Waals surface area contributed by atoms with E-state index in [0.29, 0.717) is 11.0 Å². The number of carbonyl (C=O) groups excluding carboxylic acids is 1. The minimum atomic E-state index is -2.02. The van der Waals surface area contributed by atoms with E-state index in [-0.39, 0.29) is 5.56 Å². The summed E-state index contributed by atoms with van der Waals surface area (Å²) in [7, 11) is 0. The average molecular weight is 417 g/mol. The monoisotopic (exact) mass is 416 g/mol. The summed E-state index contributed by atoms with van der Waals surface area (Å²) in [4.78, 5) is 17.0. The number of nitrogens with zero attached hydrogens (tertiary/aromatic N) is 2. The highest BCUT2D eigenvalue weighted by molar-refractivity contribution is 6.36. The van der Waals surface area contributed by atoms with E-state index in [9.17, 15) is 27.5 Å². The first kappa shape index (κ1) is 20.2. The third-order valence-corrected chi connectivity index (χ3v) is 4.67. The molecule has 0 spiro atoms. The highest BCUT2D eigenvalue weighted by Gasteiger charge is 2.48. The number of benzene rings is 2. The molecule has 5 nitrogen and oxygen atoms in total. The van der Waals surface area contributed by atoms with Crippen molar-refractivity contribution in [1.82, 2.24) is 0 Å². The number of anilines is 1. The molecule has 0 bridgehead atoms. The zero-order valence-electron chi connectivity index (χ0n) is 14.1. The number of alkyl halides is 1. The second-order valence-electron chi connectivity index (χ2n) is 5.91. The van der Waals surface area contributed by atoms with Gasteiger partial charge in [-0.3, -0.25) is 9.69 Å². The Balaban J connectivity index is 1.89. The first-order chi connectivity index (χ1) is 13.3. The SMILES string of the molecule is O=C1C(Cl)C(CO)(OCc2ccc(F)cc2F)N=CN1c1c(F)cccc1F. The van der Waals surface area contributed by atoms with Gasteiger partial charge in [0.25, 0.3) is 5.91 Å². The standard InChI is InChI=1S/C18H13ClF4N2O3/c19-16-17(27)25(15-12(21)2-1-3-13(15)22)9-24-18(16,8-26)28-7-10-4-5-11(20)6-14(10)23/h1-6,9,16,26H,7-8H2. The van der Waals surface area contributed by atoms with Crippen molar-refractivity contribution in [1.29, 1.82) is 0 Å². The summed E-state index contributed by atoms with van der Waals surface area (Å²) in [6.07, 6.45) is 0.778. The summed E-state index contributed by atoms with van der Waals surface area (Å²) in [5.74, 6) is -4.74. The molecule has 0 saturated carbocycles. The number of aliphatic hydroxyl groups is 1. The van der Waals surface area contributed by atoms with Crippen molar-refractivity contribution in [3.8, 4) is 0 Å². The van der Waals surface area contributed by atoms with Crippen molar-refractivity contribution >= 4 is 29.5 Å². The van der Waals surface area contributed by atoms with Gasteiger partial charge in [0.15, 0.2) is 5.38 Å². The molecule has 2 aromatic rings. The van der Waals surface area contributed by atoms with Gasteiger partial charge in [-0.15, -0.1) is 11.6 Å². The summed E-state index contributed by atoms with van der Waals surface area (Å²) in [6, 6.07) is 5.78. The van der Waals surface area contributed by atoms with Gasteiger partial charge in [0, 0.05) is 11.6 Å². The molecule has 1 N–H and O–H groups in total. The molecule has 2 aromatic carbocycles. The molecule has 1 aliphatic heterocycles. The maximum atomic E-state index is 14.0. The minimum absolute atomic E-state index is 0.0664. The van der Waals surface area contributed by atoms with E-state index in [2.05, 4.69) is 4.99 Å². The van der Waals surface area contributed by atoms with Gasteiger partial charge in [-0.25, -0.2) is 22.6 Å². The van der Waals surface area contributed by atoms with Crippen LogP contribution in [0, 0.1) is 23.3 Å².